The quantitative estimate of drug-likeness (QED) is 0.382. The van der Waals surface area contributed by atoms with Crippen LogP contribution in [0.5, 0.6) is 0 Å². The summed E-state index contributed by atoms with van der Waals surface area (Å²) in [5, 5.41) is 2.29. The SMILES string of the molecule is O=C(NC(CCS(=O)(=O)O)P(=O)(O)CCc1ccccc1)OCc1ccccc1. The third kappa shape index (κ3) is 8.79. The number of carbonyl (C=O) groups is 1. The summed E-state index contributed by atoms with van der Waals surface area (Å²) in [6, 6.07) is 17.9. The number of hydrogen-bond donors (Lipinski definition) is 3. The van der Waals surface area contributed by atoms with Gasteiger partial charge >= 0.3 is 6.09 Å². The van der Waals surface area contributed by atoms with Gasteiger partial charge in [-0.1, -0.05) is 60.7 Å². The second kappa shape index (κ2) is 10.5. The smallest absolute Gasteiger partial charge is 0.408 e. The van der Waals surface area contributed by atoms with Gasteiger partial charge in [0.25, 0.3) is 10.1 Å². The third-order valence-electron chi connectivity index (χ3n) is 4.20. The number of alkyl carbamates (subject to hydrolysis) is 1. The molecule has 0 aliphatic heterocycles. The summed E-state index contributed by atoms with van der Waals surface area (Å²) in [7, 11) is -8.35. The van der Waals surface area contributed by atoms with E-state index in [0.717, 1.165) is 11.1 Å². The van der Waals surface area contributed by atoms with Crippen molar-refractivity contribution >= 4 is 23.6 Å². The number of rotatable bonds is 10. The highest BCUT2D eigenvalue weighted by atomic mass is 32.2. The lowest BCUT2D eigenvalue weighted by Crippen LogP contribution is -2.37. The van der Waals surface area contributed by atoms with E-state index in [1.807, 2.05) is 12.1 Å². The lowest BCUT2D eigenvalue weighted by Gasteiger charge is -2.23. The van der Waals surface area contributed by atoms with Crippen LogP contribution < -0.4 is 5.32 Å². The first-order valence-electron chi connectivity index (χ1n) is 8.93. The van der Waals surface area contributed by atoms with Gasteiger partial charge in [-0.05, 0) is 24.0 Å². The summed E-state index contributed by atoms with van der Waals surface area (Å²) in [6.07, 6.45) is -1.24. The molecule has 2 aromatic rings. The van der Waals surface area contributed by atoms with E-state index in [0.29, 0.717) is 0 Å². The molecule has 2 rings (SSSR count). The Hall–Kier alpha value is -2.19. The number of ether oxygens (including phenoxy) is 1. The molecule has 0 bridgehead atoms. The van der Waals surface area contributed by atoms with Crippen LogP contribution in [0.4, 0.5) is 4.79 Å². The van der Waals surface area contributed by atoms with E-state index in [2.05, 4.69) is 5.32 Å². The van der Waals surface area contributed by atoms with Crippen molar-refractivity contribution < 1.29 is 32.0 Å². The molecular weight excluding hydrogens is 417 g/mol. The van der Waals surface area contributed by atoms with Crippen LogP contribution in [0.25, 0.3) is 0 Å². The molecule has 10 heteroatoms. The van der Waals surface area contributed by atoms with Gasteiger partial charge in [-0.2, -0.15) is 8.42 Å². The fraction of sp³-hybridized carbons (Fsp3) is 0.316. The molecule has 0 fully saturated rings. The van der Waals surface area contributed by atoms with Crippen LogP contribution in [0.15, 0.2) is 60.7 Å². The zero-order chi connectivity index (χ0) is 21.3. The molecule has 1 amide bonds. The van der Waals surface area contributed by atoms with Gasteiger partial charge in [0.2, 0.25) is 7.37 Å². The summed E-state index contributed by atoms with van der Waals surface area (Å²) in [5.41, 5.74) is 1.57. The summed E-state index contributed by atoms with van der Waals surface area (Å²) < 4.78 is 49.0. The Balaban J connectivity index is 2.01. The Bertz CT molecular complexity index is 936. The Labute approximate surface area is 170 Å². The zero-order valence-electron chi connectivity index (χ0n) is 15.7. The van der Waals surface area contributed by atoms with Gasteiger partial charge in [0.15, 0.2) is 0 Å². The van der Waals surface area contributed by atoms with Crippen molar-refractivity contribution in [1.82, 2.24) is 5.32 Å². The Kier molecular flexibility index (Phi) is 8.40. The van der Waals surface area contributed by atoms with E-state index < -0.39 is 41.5 Å². The van der Waals surface area contributed by atoms with Crippen molar-refractivity contribution in [1.29, 1.82) is 0 Å². The molecule has 2 unspecified atom stereocenters. The van der Waals surface area contributed by atoms with Gasteiger partial charge in [0.05, 0.1) is 5.75 Å². The number of aryl methyl sites for hydroxylation is 1. The molecule has 0 spiro atoms. The fourth-order valence-electron chi connectivity index (χ4n) is 2.63. The molecule has 158 valence electrons. The molecule has 0 aromatic heterocycles. The molecule has 0 aliphatic carbocycles. The van der Waals surface area contributed by atoms with Crippen LogP contribution in [0, 0.1) is 0 Å². The zero-order valence-corrected chi connectivity index (χ0v) is 17.4. The second-order valence-corrected chi connectivity index (χ2v) is 10.7. The normalized spacial score (nSPS) is 14.6. The highest BCUT2D eigenvalue weighted by Gasteiger charge is 2.33. The van der Waals surface area contributed by atoms with Crippen LogP contribution in [0.2, 0.25) is 0 Å². The molecule has 3 N–H and O–H groups in total. The molecule has 0 saturated carbocycles. The van der Waals surface area contributed by atoms with Crippen LogP contribution in [-0.2, 0) is 32.4 Å². The maximum absolute atomic E-state index is 12.8. The summed E-state index contributed by atoms with van der Waals surface area (Å²) in [5.74, 6) is -2.12. The maximum Gasteiger partial charge on any atom is 0.408 e. The molecule has 2 aromatic carbocycles. The average Bonchev–Trinajstić information content (AvgIpc) is 2.69. The number of benzene rings is 2. The number of hydrogen-bond acceptors (Lipinski definition) is 5. The summed E-state index contributed by atoms with van der Waals surface area (Å²) >= 11 is 0. The van der Waals surface area contributed by atoms with Crippen LogP contribution >= 0.6 is 7.37 Å². The molecule has 29 heavy (non-hydrogen) atoms. The minimum atomic E-state index is -4.36. The summed E-state index contributed by atoms with van der Waals surface area (Å²) in [6.45, 7) is -0.0442. The predicted octanol–water partition coefficient (Wildman–Crippen LogP) is 3.03. The molecular formula is C19H24NO7PS. The number of amides is 1. The van der Waals surface area contributed by atoms with Crippen LogP contribution in [0.3, 0.4) is 0 Å². The lowest BCUT2D eigenvalue weighted by atomic mass is 10.2. The highest BCUT2D eigenvalue weighted by Crippen LogP contribution is 2.47. The van der Waals surface area contributed by atoms with Gasteiger partial charge in [0.1, 0.15) is 12.4 Å². The van der Waals surface area contributed by atoms with E-state index >= 15 is 0 Å². The first kappa shape index (κ1) is 23.1. The second-order valence-electron chi connectivity index (χ2n) is 6.51. The highest BCUT2D eigenvalue weighted by molar-refractivity contribution is 7.85. The first-order chi connectivity index (χ1) is 13.7. The molecule has 0 aliphatic rings. The van der Waals surface area contributed by atoms with E-state index in [1.54, 1.807) is 48.5 Å². The number of nitrogens with one attached hydrogen (secondary N) is 1. The van der Waals surface area contributed by atoms with Gasteiger partial charge in [-0.3, -0.25) is 9.12 Å². The maximum atomic E-state index is 12.8. The Morgan fingerprint density at radius 1 is 1.03 bits per heavy atom. The van der Waals surface area contributed by atoms with E-state index in [-0.39, 0.29) is 19.2 Å². The lowest BCUT2D eigenvalue weighted by molar-refractivity contribution is 0.137. The van der Waals surface area contributed by atoms with E-state index in [4.69, 9.17) is 9.29 Å². The van der Waals surface area contributed by atoms with Crippen molar-refractivity contribution in [2.75, 3.05) is 11.9 Å². The monoisotopic (exact) mass is 441 g/mol. The molecule has 0 radical (unpaired) electrons. The average molecular weight is 441 g/mol. The standard InChI is InChI=1S/C19H24NO7PS/c21-19(27-15-17-9-5-2-6-10-17)20-18(12-14-29(24,25)26)28(22,23)13-11-16-7-3-1-4-8-16/h1-10,18H,11-15H2,(H,20,21)(H,22,23)(H,24,25,26). The van der Waals surface area contributed by atoms with Gasteiger partial charge in [-0.25, -0.2) is 4.79 Å². The topological polar surface area (TPSA) is 130 Å². The molecule has 0 heterocycles. The van der Waals surface area contributed by atoms with Crippen LogP contribution in [0.1, 0.15) is 17.5 Å². The van der Waals surface area contributed by atoms with Crippen molar-refractivity contribution in [3.63, 3.8) is 0 Å². The van der Waals surface area contributed by atoms with Crippen molar-refractivity contribution in [2.45, 2.75) is 25.2 Å². The third-order valence-corrected chi connectivity index (χ3v) is 7.17. The minimum Gasteiger partial charge on any atom is -0.445 e. The Morgan fingerprint density at radius 2 is 1.59 bits per heavy atom. The molecule has 2 atom stereocenters. The minimum absolute atomic E-state index is 0.0442. The van der Waals surface area contributed by atoms with Crippen molar-refractivity contribution in [2.24, 2.45) is 0 Å². The van der Waals surface area contributed by atoms with Gasteiger partial charge in [-0.15, -0.1) is 0 Å². The van der Waals surface area contributed by atoms with Crippen molar-refractivity contribution in [3.8, 4) is 0 Å². The van der Waals surface area contributed by atoms with Crippen LogP contribution in [-0.4, -0.2) is 41.7 Å². The largest absolute Gasteiger partial charge is 0.445 e. The number of carbonyl (C=O) groups excluding carboxylic acids is 1. The Morgan fingerprint density at radius 3 is 2.14 bits per heavy atom. The molecule has 0 saturated heterocycles. The first-order valence-corrected chi connectivity index (χ1v) is 12.5. The van der Waals surface area contributed by atoms with E-state index in [1.165, 1.54) is 0 Å². The van der Waals surface area contributed by atoms with Gasteiger partial charge < -0.3 is 14.9 Å². The van der Waals surface area contributed by atoms with Crippen molar-refractivity contribution in [3.05, 3.63) is 71.8 Å². The molecule has 8 nitrogen and oxygen atoms in total. The summed E-state index contributed by atoms with van der Waals surface area (Å²) in [4.78, 5) is 22.6. The fourth-order valence-corrected chi connectivity index (χ4v) is 5.06. The predicted molar refractivity (Wildman–Crippen MR) is 109 cm³/mol. The van der Waals surface area contributed by atoms with Gasteiger partial charge in [0, 0.05) is 6.16 Å². The van der Waals surface area contributed by atoms with E-state index in [9.17, 15) is 22.7 Å².